The molecule has 1 aromatic rings. The molecule has 134 valence electrons. The second-order valence-corrected chi connectivity index (χ2v) is 9.73. The number of amides is 1. The van der Waals surface area contributed by atoms with Crippen molar-refractivity contribution in [1.29, 1.82) is 0 Å². The van der Waals surface area contributed by atoms with Crippen molar-refractivity contribution in [2.45, 2.75) is 52.8 Å². The molecular weight excluding hydrogens is 328 g/mol. The molecular formula is C18H27FNO3P. The first-order valence-corrected chi connectivity index (χ1v) is 10.6. The summed E-state index contributed by atoms with van der Waals surface area (Å²) in [6, 6.07) is 6.24. The Balaban J connectivity index is 2.18. The van der Waals surface area contributed by atoms with Gasteiger partial charge in [0.2, 0.25) is 7.37 Å². The van der Waals surface area contributed by atoms with Crippen molar-refractivity contribution in [2.24, 2.45) is 5.92 Å². The van der Waals surface area contributed by atoms with Crippen LogP contribution in [-0.2, 0) is 20.4 Å². The van der Waals surface area contributed by atoms with Crippen molar-refractivity contribution in [3.8, 4) is 0 Å². The van der Waals surface area contributed by atoms with E-state index < -0.39 is 13.5 Å². The molecule has 2 rings (SSSR count). The summed E-state index contributed by atoms with van der Waals surface area (Å²) < 4.78 is 31.6. The monoisotopic (exact) mass is 355 g/mol. The molecule has 0 bridgehead atoms. The second kappa shape index (κ2) is 7.79. The minimum atomic E-state index is -2.76. The molecule has 3 unspecified atom stereocenters. The van der Waals surface area contributed by atoms with Crippen molar-refractivity contribution in [3.05, 3.63) is 35.6 Å². The highest BCUT2D eigenvalue weighted by atomic mass is 31.2. The number of carbonyl (C=O) groups is 1. The molecule has 0 saturated carbocycles. The number of hydrogen-bond donors (Lipinski definition) is 0. The fourth-order valence-corrected chi connectivity index (χ4v) is 4.62. The van der Waals surface area contributed by atoms with Crippen molar-refractivity contribution in [1.82, 2.24) is 4.90 Å². The van der Waals surface area contributed by atoms with Gasteiger partial charge in [-0.15, -0.1) is 0 Å². The number of likely N-dealkylation sites (tertiary alicyclic amines) is 1. The van der Waals surface area contributed by atoms with E-state index in [1.165, 1.54) is 12.1 Å². The number of nitrogens with zero attached hydrogens (tertiary/aromatic N) is 1. The Kier molecular flexibility index (Phi) is 6.22. The van der Waals surface area contributed by atoms with E-state index in [-0.39, 0.29) is 23.7 Å². The highest BCUT2D eigenvalue weighted by Crippen LogP contribution is 2.49. The lowest BCUT2D eigenvalue weighted by molar-refractivity contribution is -0.149. The molecule has 0 N–H and O–H groups in total. The number of rotatable bonds is 6. The molecule has 1 aromatic carbocycles. The van der Waals surface area contributed by atoms with Gasteiger partial charge < -0.3 is 9.42 Å². The lowest BCUT2D eigenvalue weighted by Gasteiger charge is -2.41. The predicted molar refractivity (Wildman–Crippen MR) is 93.8 cm³/mol. The second-order valence-electron chi connectivity index (χ2n) is 6.63. The van der Waals surface area contributed by atoms with E-state index in [0.29, 0.717) is 18.9 Å². The SMILES string of the molecule is CCP(=O)(CC)OC1C(=O)N(Cc2ccc(F)cc2)C(C)CC1C. The number of hydrogen-bond acceptors (Lipinski definition) is 3. The fraction of sp³-hybridized carbons (Fsp3) is 0.611. The average Bonchev–Trinajstić information content (AvgIpc) is 2.57. The van der Waals surface area contributed by atoms with Gasteiger partial charge in [-0.2, -0.15) is 0 Å². The maximum absolute atomic E-state index is 13.1. The molecule has 1 heterocycles. The van der Waals surface area contributed by atoms with Crippen LogP contribution in [0.25, 0.3) is 0 Å². The van der Waals surface area contributed by atoms with E-state index in [1.807, 2.05) is 27.7 Å². The third-order valence-electron chi connectivity index (χ3n) is 4.82. The summed E-state index contributed by atoms with van der Waals surface area (Å²) in [4.78, 5) is 14.7. The van der Waals surface area contributed by atoms with Crippen molar-refractivity contribution in [3.63, 3.8) is 0 Å². The van der Waals surface area contributed by atoms with Gasteiger partial charge in [0.1, 0.15) is 11.9 Å². The average molecular weight is 355 g/mol. The third-order valence-corrected chi connectivity index (χ3v) is 7.36. The van der Waals surface area contributed by atoms with Crippen LogP contribution < -0.4 is 0 Å². The number of carbonyl (C=O) groups excluding carboxylic acids is 1. The van der Waals surface area contributed by atoms with Crippen LogP contribution in [0.15, 0.2) is 24.3 Å². The first kappa shape index (κ1) is 19.1. The molecule has 1 fully saturated rings. The summed E-state index contributed by atoms with van der Waals surface area (Å²) in [6.07, 6.45) is 1.01. The van der Waals surface area contributed by atoms with Crippen molar-refractivity contribution in [2.75, 3.05) is 12.3 Å². The van der Waals surface area contributed by atoms with Crippen LogP contribution in [0.4, 0.5) is 4.39 Å². The molecule has 4 nitrogen and oxygen atoms in total. The summed E-state index contributed by atoms with van der Waals surface area (Å²) in [7, 11) is -2.76. The molecule has 1 aliphatic rings. The van der Waals surface area contributed by atoms with Crippen LogP contribution in [0, 0.1) is 11.7 Å². The zero-order valence-corrected chi connectivity index (χ0v) is 15.8. The summed E-state index contributed by atoms with van der Waals surface area (Å²) in [5.41, 5.74) is 0.874. The van der Waals surface area contributed by atoms with Crippen molar-refractivity contribution < 1.29 is 18.3 Å². The first-order chi connectivity index (χ1) is 11.3. The van der Waals surface area contributed by atoms with Crippen LogP contribution in [0.2, 0.25) is 0 Å². The van der Waals surface area contributed by atoms with E-state index in [2.05, 4.69) is 0 Å². The summed E-state index contributed by atoms with van der Waals surface area (Å²) >= 11 is 0. The van der Waals surface area contributed by atoms with Gasteiger partial charge in [-0.25, -0.2) is 4.39 Å². The van der Waals surface area contributed by atoms with Gasteiger partial charge in [-0.1, -0.05) is 32.9 Å². The van der Waals surface area contributed by atoms with Gasteiger partial charge in [0.25, 0.3) is 5.91 Å². The molecule has 24 heavy (non-hydrogen) atoms. The highest BCUT2D eigenvalue weighted by Gasteiger charge is 2.41. The standard InChI is InChI=1S/C18H27FNO3P/c1-5-24(22,6-2)23-17-13(3)11-14(4)20(18(17)21)12-15-7-9-16(19)10-8-15/h7-10,13-14,17H,5-6,11-12H2,1-4H3. The molecule has 6 heteroatoms. The Morgan fingerprint density at radius 1 is 1.21 bits per heavy atom. The summed E-state index contributed by atoms with van der Waals surface area (Å²) in [5, 5.41) is 0. The minimum Gasteiger partial charge on any atom is -0.333 e. The van der Waals surface area contributed by atoms with E-state index in [9.17, 15) is 13.8 Å². The van der Waals surface area contributed by atoms with Gasteiger partial charge >= 0.3 is 0 Å². The van der Waals surface area contributed by atoms with Crippen molar-refractivity contribution >= 4 is 13.3 Å². The highest BCUT2D eigenvalue weighted by molar-refractivity contribution is 7.58. The van der Waals surface area contributed by atoms with Gasteiger partial charge in [0.05, 0.1) is 0 Å². The smallest absolute Gasteiger partial charge is 0.253 e. The molecule has 0 aromatic heterocycles. The number of benzene rings is 1. The van der Waals surface area contributed by atoms with E-state index in [0.717, 1.165) is 12.0 Å². The van der Waals surface area contributed by atoms with Crippen LogP contribution in [0.3, 0.4) is 0 Å². The largest absolute Gasteiger partial charge is 0.333 e. The van der Waals surface area contributed by atoms with E-state index in [1.54, 1.807) is 17.0 Å². The zero-order valence-electron chi connectivity index (χ0n) is 14.9. The fourth-order valence-electron chi connectivity index (χ4n) is 3.16. The number of piperidine rings is 1. The van der Waals surface area contributed by atoms with E-state index in [4.69, 9.17) is 4.52 Å². The molecule has 1 aliphatic heterocycles. The topological polar surface area (TPSA) is 46.6 Å². The van der Waals surface area contributed by atoms with Gasteiger partial charge in [-0.3, -0.25) is 9.36 Å². The van der Waals surface area contributed by atoms with Crippen LogP contribution in [0.1, 0.15) is 39.7 Å². The van der Waals surface area contributed by atoms with Crippen LogP contribution in [0.5, 0.6) is 0 Å². The lowest BCUT2D eigenvalue weighted by atomic mass is 9.90. The minimum absolute atomic E-state index is 0.0309. The molecule has 3 atom stereocenters. The maximum Gasteiger partial charge on any atom is 0.253 e. The van der Waals surface area contributed by atoms with Crippen LogP contribution in [-0.4, -0.2) is 35.3 Å². The Bertz CT molecular complexity index is 611. The molecule has 1 amide bonds. The van der Waals surface area contributed by atoms with Gasteiger partial charge in [0, 0.05) is 24.9 Å². The predicted octanol–water partition coefficient (Wildman–Crippen LogP) is 4.29. The normalized spacial score (nSPS) is 25.1. The van der Waals surface area contributed by atoms with Gasteiger partial charge in [0.15, 0.2) is 0 Å². The quantitative estimate of drug-likeness (QED) is 0.716. The molecule has 0 radical (unpaired) electrons. The lowest BCUT2D eigenvalue weighted by Crippen LogP contribution is -2.52. The molecule has 1 saturated heterocycles. The maximum atomic E-state index is 13.1. The Hall–Kier alpha value is -1.19. The summed E-state index contributed by atoms with van der Waals surface area (Å²) in [5.74, 6) is -0.380. The Labute approximate surface area is 143 Å². The zero-order chi connectivity index (χ0) is 17.9. The Morgan fingerprint density at radius 3 is 2.33 bits per heavy atom. The molecule has 0 aliphatic carbocycles. The molecule has 0 spiro atoms. The third kappa shape index (κ3) is 4.25. The van der Waals surface area contributed by atoms with E-state index >= 15 is 0 Å². The van der Waals surface area contributed by atoms with Gasteiger partial charge in [-0.05, 0) is 37.0 Å². The Morgan fingerprint density at radius 2 is 1.79 bits per heavy atom. The van der Waals surface area contributed by atoms with Crippen LogP contribution >= 0.6 is 7.37 Å². The number of halogens is 1. The summed E-state index contributed by atoms with van der Waals surface area (Å²) in [6.45, 7) is 8.06. The first-order valence-electron chi connectivity index (χ1n) is 8.61.